The summed E-state index contributed by atoms with van der Waals surface area (Å²) in [5.41, 5.74) is 0.986. The molecule has 0 spiro atoms. The van der Waals surface area contributed by atoms with Crippen LogP contribution in [0.3, 0.4) is 0 Å². The first-order valence-corrected chi connectivity index (χ1v) is 6.60. The quantitative estimate of drug-likeness (QED) is 0.732. The number of hydrogen-bond donors (Lipinski definition) is 1. The highest BCUT2D eigenvalue weighted by Gasteiger charge is 2.07. The summed E-state index contributed by atoms with van der Waals surface area (Å²) in [5, 5.41) is 18.2. The number of ether oxygens (including phenoxy) is 2. The number of aliphatic hydroxyl groups excluding tert-OH is 1. The van der Waals surface area contributed by atoms with Crippen LogP contribution in [-0.4, -0.2) is 56.6 Å². The lowest BCUT2D eigenvalue weighted by atomic mass is 10.2. The predicted molar refractivity (Wildman–Crippen MR) is 76.6 cm³/mol. The zero-order chi connectivity index (χ0) is 14.8. The molecule has 0 radical (unpaired) electrons. The molecule has 5 nitrogen and oxygen atoms in total. The molecule has 0 amide bonds. The molecule has 1 N–H and O–H groups in total. The molecule has 0 aromatic heterocycles. The van der Waals surface area contributed by atoms with Gasteiger partial charge in [-0.3, -0.25) is 0 Å². The molecule has 0 aliphatic carbocycles. The number of hydrogen-bond acceptors (Lipinski definition) is 5. The fourth-order valence-corrected chi connectivity index (χ4v) is 1.81. The van der Waals surface area contributed by atoms with Crippen LogP contribution in [0.1, 0.15) is 5.56 Å². The van der Waals surface area contributed by atoms with E-state index in [4.69, 9.17) is 14.7 Å². The van der Waals surface area contributed by atoms with E-state index >= 15 is 0 Å². The number of methoxy groups -OCH3 is 1. The smallest absolute Gasteiger partial charge is 0.119 e. The van der Waals surface area contributed by atoms with Crippen molar-refractivity contribution in [3.8, 4) is 11.8 Å². The van der Waals surface area contributed by atoms with Crippen LogP contribution in [0.25, 0.3) is 0 Å². The van der Waals surface area contributed by atoms with Gasteiger partial charge in [0, 0.05) is 20.2 Å². The molecule has 110 valence electrons. The van der Waals surface area contributed by atoms with Crippen molar-refractivity contribution in [2.24, 2.45) is 0 Å². The number of nitrogens with zero attached hydrogens (tertiary/aromatic N) is 2. The first kappa shape index (κ1) is 16.4. The molecule has 1 aromatic rings. The summed E-state index contributed by atoms with van der Waals surface area (Å²) in [5.74, 6) is 0.789. The zero-order valence-corrected chi connectivity index (χ0v) is 12.1. The third-order valence-corrected chi connectivity index (χ3v) is 2.83. The molecule has 1 atom stereocenters. The van der Waals surface area contributed by atoms with Gasteiger partial charge >= 0.3 is 0 Å². The van der Waals surface area contributed by atoms with E-state index in [0.29, 0.717) is 26.2 Å². The Labute approximate surface area is 120 Å². The second-order valence-corrected chi connectivity index (χ2v) is 4.70. The lowest BCUT2D eigenvalue weighted by Gasteiger charge is -2.20. The van der Waals surface area contributed by atoms with Crippen molar-refractivity contribution < 1.29 is 14.6 Å². The van der Waals surface area contributed by atoms with Gasteiger partial charge in [0.1, 0.15) is 12.4 Å². The second kappa shape index (κ2) is 9.32. The summed E-state index contributed by atoms with van der Waals surface area (Å²) in [4.78, 5) is 1.99. The highest BCUT2D eigenvalue weighted by atomic mass is 16.5. The Morgan fingerprint density at radius 3 is 2.65 bits per heavy atom. The van der Waals surface area contributed by atoms with Crippen molar-refractivity contribution in [1.82, 2.24) is 4.90 Å². The van der Waals surface area contributed by atoms with Crippen LogP contribution < -0.4 is 4.74 Å². The zero-order valence-electron chi connectivity index (χ0n) is 12.1. The van der Waals surface area contributed by atoms with E-state index in [2.05, 4.69) is 6.07 Å². The number of benzene rings is 1. The van der Waals surface area contributed by atoms with Crippen molar-refractivity contribution in [1.29, 1.82) is 5.26 Å². The van der Waals surface area contributed by atoms with Gasteiger partial charge in [-0.2, -0.15) is 5.26 Å². The number of nitriles is 1. The molecule has 0 fully saturated rings. The summed E-state index contributed by atoms with van der Waals surface area (Å²) in [6.45, 7) is 2.17. The molecular formula is C15H22N2O3. The van der Waals surface area contributed by atoms with Gasteiger partial charge in [0.05, 0.1) is 25.2 Å². The molecule has 0 heterocycles. The van der Waals surface area contributed by atoms with Crippen molar-refractivity contribution in [2.75, 3.05) is 40.5 Å². The largest absolute Gasteiger partial charge is 0.492 e. The maximum Gasteiger partial charge on any atom is 0.119 e. The fraction of sp³-hybridized carbons (Fsp3) is 0.533. The van der Waals surface area contributed by atoms with Crippen molar-refractivity contribution in [2.45, 2.75) is 12.5 Å². The lowest BCUT2D eigenvalue weighted by Crippen LogP contribution is -2.34. The van der Waals surface area contributed by atoms with Gasteiger partial charge in [0.2, 0.25) is 0 Å². The number of rotatable bonds is 9. The maximum atomic E-state index is 9.58. The van der Waals surface area contributed by atoms with E-state index in [1.165, 1.54) is 0 Å². The minimum absolute atomic E-state index is 0.339. The highest BCUT2D eigenvalue weighted by Crippen LogP contribution is 2.12. The van der Waals surface area contributed by atoms with Gasteiger partial charge in [0.15, 0.2) is 0 Å². The average Bonchev–Trinajstić information content (AvgIpc) is 2.41. The SMILES string of the molecule is COCC(O)CN(C)CCOc1ccc(CC#N)cc1. The topological polar surface area (TPSA) is 65.7 Å². The molecule has 0 bridgehead atoms. The van der Waals surface area contributed by atoms with Crippen LogP contribution in [0.15, 0.2) is 24.3 Å². The van der Waals surface area contributed by atoms with Gasteiger partial charge < -0.3 is 19.5 Å². The van der Waals surface area contributed by atoms with E-state index in [0.717, 1.165) is 17.9 Å². The van der Waals surface area contributed by atoms with Gasteiger partial charge in [-0.05, 0) is 24.7 Å². The second-order valence-electron chi connectivity index (χ2n) is 4.70. The molecule has 20 heavy (non-hydrogen) atoms. The van der Waals surface area contributed by atoms with Gasteiger partial charge in [-0.15, -0.1) is 0 Å². The van der Waals surface area contributed by atoms with Crippen LogP contribution >= 0.6 is 0 Å². The summed E-state index contributed by atoms with van der Waals surface area (Å²) < 4.78 is 10.5. The first-order valence-electron chi connectivity index (χ1n) is 6.60. The molecule has 0 saturated heterocycles. The van der Waals surface area contributed by atoms with E-state index in [9.17, 15) is 5.11 Å². The monoisotopic (exact) mass is 278 g/mol. The van der Waals surface area contributed by atoms with E-state index in [1.54, 1.807) is 7.11 Å². The van der Waals surface area contributed by atoms with Crippen molar-refractivity contribution in [3.63, 3.8) is 0 Å². The predicted octanol–water partition coefficient (Wildman–Crippen LogP) is 1.07. The third-order valence-electron chi connectivity index (χ3n) is 2.83. The molecular weight excluding hydrogens is 256 g/mol. The minimum atomic E-state index is -0.477. The van der Waals surface area contributed by atoms with Crippen LogP contribution in [0.4, 0.5) is 0 Å². The van der Waals surface area contributed by atoms with Crippen LogP contribution in [-0.2, 0) is 11.2 Å². The standard InChI is InChI=1S/C15H22N2O3/c1-17(11-14(18)12-19-2)9-10-20-15-5-3-13(4-6-15)7-8-16/h3-6,14,18H,7,9-12H2,1-2H3. The van der Waals surface area contributed by atoms with Crippen LogP contribution in [0, 0.1) is 11.3 Å². The molecule has 5 heteroatoms. The summed E-state index contributed by atoms with van der Waals surface area (Å²) in [6, 6.07) is 9.63. The van der Waals surface area contributed by atoms with Crippen LogP contribution in [0.2, 0.25) is 0 Å². The summed E-state index contributed by atoms with van der Waals surface area (Å²) in [6.07, 6.45) is -0.0595. The van der Waals surface area contributed by atoms with Crippen LogP contribution in [0.5, 0.6) is 5.75 Å². The summed E-state index contributed by atoms with van der Waals surface area (Å²) >= 11 is 0. The van der Waals surface area contributed by atoms with Crippen molar-refractivity contribution >= 4 is 0 Å². The molecule has 0 saturated carbocycles. The molecule has 1 rings (SSSR count). The average molecular weight is 278 g/mol. The lowest BCUT2D eigenvalue weighted by molar-refractivity contribution is 0.0410. The van der Waals surface area contributed by atoms with E-state index < -0.39 is 6.10 Å². The molecule has 0 aliphatic rings. The van der Waals surface area contributed by atoms with Gasteiger partial charge in [-0.25, -0.2) is 0 Å². The minimum Gasteiger partial charge on any atom is -0.492 e. The third kappa shape index (κ3) is 6.53. The Morgan fingerprint density at radius 2 is 2.05 bits per heavy atom. The Hall–Kier alpha value is -1.61. The van der Waals surface area contributed by atoms with E-state index in [-0.39, 0.29) is 0 Å². The molecule has 0 aliphatic heterocycles. The normalized spacial score (nSPS) is 12.2. The number of aliphatic hydroxyl groups is 1. The van der Waals surface area contributed by atoms with Gasteiger partial charge in [-0.1, -0.05) is 12.1 Å². The summed E-state index contributed by atoms with van der Waals surface area (Å²) in [7, 11) is 3.50. The Bertz CT molecular complexity index is 414. The highest BCUT2D eigenvalue weighted by molar-refractivity contribution is 5.28. The number of likely N-dealkylation sites (N-methyl/N-ethyl adjacent to an activating group) is 1. The Balaban J connectivity index is 2.24. The van der Waals surface area contributed by atoms with E-state index in [1.807, 2.05) is 36.2 Å². The molecule has 1 unspecified atom stereocenters. The Kier molecular flexibility index (Phi) is 7.66. The Morgan fingerprint density at radius 1 is 1.35 bits per heavy atom. The van der Waals surface area contributed by atoms with Crippen molar-refractivity contribution in [3.05, 3.63) is 29.8 Å². The first-order chi connectivity index (χ1) is 9.65. The fourth-order valence-electron chi connectivity index (χ4n) is 1.81. The van der Waals surface area contributed by atoms with Gasteiger partial charge in [0.25, 0.3) is 0 Å². The maximum absolute atomic E-state index is 9.58. The molecule has 1 aromatic carbocycles.